The average Bonchev–Trinajstić information content (AvgIpc) is 3.04. The van der Waals surface area contributed by atoms with Crippen LogP contribution in [0.2, 0.25) is 0 Å². The molecule has 0 radical (unpaired) electrons. The summed E-state index contributed by atoms with van der Waals surface area (Å²) in [6.07, 6.45) is 3.24. The minimum Gasteiger partial charge on any atom is -0.319 e. The predicted octanol–water partition coefficient (Wildman–Crippen LogP) is 0.408. The van der Waals surface area contributed by atoms with Gasteiger partial charge in [0.05, 0.1) is 0 Å². The lowest BCUT2D eigenvalue weighted by Gasteiger charge is -2.31. The van der Waals surface area contributed by atoms with E-state index in [1.807, 2.05) is 7.05 Å². The van der Waals surface area contributed by atoms with Crippen LogP contribution < -0.4 is 10.0 Å². The fourth-order valence-electron chi connectivity index (χ4n) is 2.69. The van der Waals surface area contributed by atoms with Crippen LogP contribution in [0.1, 0.15) is 26.2 Å². The zero-order valence-corrected chi connectivity index (χ0v) is 12.2. The van der Waals surface area contributed by atoms with E-state index in [4.69, 9.17) is 0 Å². The van der Waals surface area contributed by atoms with Crippen molar-refractivity contribution in [3.8, 4) is 0 Å². The van der Waals surface area contributed by atoms with Gasteiger partial charge in [0, 0.05) is 19.6 Å². The van der Waals surface area contributed by atoms with Crippen molar-refractivity contribution in [1.82, 2.24) is 14.3 Å². The van der Waals surface area contributed by atoms with Crippen molar-refractivity contribution in [3.63, 3.8) is 0 Å². The van der Waals surface area contributed by atoms with E-state index in [0.29, 0.717) is 37.4 Å². The Bertz CT molecular complexity index is 370. The van der Waals surface area contributed by atoms with E-state index in [2.05, 4.69) is 17.0 Å². The van der Waals surface area contributed by atoms with Crippen molar-refractivity contribution in [2.45, 2.75) is 26.2 Å². The van der Waals surface area contributed by atoms with Gasteiger partial charge in [-0.05, 0) is 50.6 Å². The summed E-state index contributed by atoms with van der Waals surface area (Å²) in [5.41, 5.74) is 0. The second-order valence-electron chi connectivity index (χ2n) is 5.75. The number of hydrogen-bond donors (Lipinski definition) is 2. The second kappa shape index (κ2) is 5.86. The number of nitrogens with one attached hydrogen (secondary N) is 2. The third kappa shape index (κ3) is 3.66. The number of nitrogens with zero attached hydrogens (tertiary/aromatic N) is 1. The van der Waals surface area contributed by atoms with Gasteiger partial charge in [0.15, 0.2) is 0 Å². The maximum Gasteiger partial charge on any atom is 0.279 e. The molecule has 2 fully saturated rings. The molecule has 18 heavy (non-hydrogen) atoms. The maximum atomic E-state index is 12.2. The first-order valence-electron chi connectivity index (χ1n) is 6.92. The molecule has 2 aliphatic rings. The van der Waals surface area contributed by atoms with Crippen molar-refractivity contribution >= 4 is 10.2 Å². The molecule has 1 aliphatic heterocycles. The van der Waals surface area contributed by atoms with Gasteiger partial charge < -0.3 is 5.32 Å². The summed E-state index contributed by atoms with van der Waals surface area (Å²) in [5.74, 6) is 1.68. The Balaban J connectivity index is 1.84. The molecule has 1 aliphatic carbocycles. The Labute approximate surface area is 110 Å². The van der Waals surface area contributed by atoms with Gasteiger partial charge in [-0.25, -0.2) is 4.72 Å². The topological polar surface area (TPSA) is 61.4 Å². The lowest BCUT2D eigenvalue weighted by Crippen LogP contribution is -2.47. The molecule has 106 valence electrons. The van der Waals surface area contributed by atoms with Gasteiger partial charge in [-0.15, -0.1) is 0 Å². The van der Waals surface area contributed by atoms with E-state index >= 15 is 0 Å². The van der Waals surface area contributed by atoms with Crippen molar-refractivity contribution in [1.29, 1.82) is 0 Å². The van der Waals surface area contributed by atoms with Crippen LogP contribution in [-0.2, 0) is 10.2 Å². The Morgan fingerprint density at radius 3 is 2.67 bits per heavy atom. The molecule has 0 amide bonds. The smallest absolute Gasteiger partial charge is 0.279 e. The summed E-state index contributed by atoms with van der Waals surface area (Å²) in [4.78, 5) is 0. The molecule has 6 heteroatoms. The lowest BCUT2D eigenvalue weighted by atomic mass is 10.00. The second-order valence-corrected chi connectivity index (χ2v) is 7.51. The van der Waals surface area contributed by atoms with Crippen molar-refractivity contribution in [2.24, 2.45) is 17.8 Å². The highest BCUT2D eigenvalue weighted by Gasteiger charge is 2.35. The van der Waals surface area contributed by atoms with Crippen LogP contribution in [0.25, 0.3) is 0 Å². The van der Waals surface area contributed by atoms with E-state index in [-0.39, 0.29) is 0 Å². The van der Waals surface area contributed by atoms with E-state index in [9.17, 15) is 8.42 Å². The first-order chi connectivity index (χ1) is 8.53. The molecule has 0 aromatic rings. The van der Waals surface area contributed by atoms with Crippen LogP contribution in [0.3, 0.4) is 0 Å². The fraction of sp³-hybridized carbons (Fsp3) is 1.00. The van der Waals surface area contributed by atoms with Crippen molar-refractivity contribution in [3.05, 3.63) is 0 Å². The van der Waals surface area contributed by atoms with Gasteiger partial charge in [-0.2, -0.15) is 12.7 Å². The standard InChI is InChI=1S/C12H25N3O2S/c1-10-6-12(10)8-14-18(16,17)15-5-3-4-11(9-15)7-13-2/h10-14H,3-9H2,1-2H3. The molecule has 2 N–H and O–H groups in total. The Kier molecular flexibility index (Phi) is 4.64. The number of rotatable bonds is 6. The third-order valence-electron chi connectivity index (χ3n) is 4.12. The molecule has 0 bridgehead atoms. The van der Waals surface area contributed by atoms with Gasteiger partial charge in [-0.3, -0.25) is 0 Å². The summed E-state index contributed by atoms with van der Waals surface area (Å²) in [5, 5.41) is 3.13. The van der Waals surface area contributed by atoms with Gasteiger partial charge in [-0.1, -0.05) is 6.92 Å². The number of piperidine rings is 1. The molecule has 3 atom stereocenters. The van der Waals surface area contributed by atoms with E-state index in [1.54, 1.807) is 4.31 Å². The first-order valence-corrected chi connectivity index (χ1v) is 8.36. The SMILES string of the molecule is CNCC1CCCN(S(=O)(=O)NCC2CC2C)C1. The Hall–Kier alpha value is -0.170. The Morgan fingerprint density at radius 2 is 2.06 bits per heavy atom. The van der Waals surface area contributed by atoms with Crippen LogP contribution in [0.15, 0.2) is 0 Å². The summed E-state index contributed by atoms with van der Waals surface area (Å²) in [6, 6.07) is 0. The summed E-state index contributed by atoms with van der Waals surface area (Å²) in [6.45, 7) is 4.98. The van der Waals surface area contributed by atoms with Gasteiger partial charge in [0.25, 0.3) is 10.2 Å². The minimum absolute atomic E-state index is 0.445. The van der Waals surface area contributed by atoms with Crippen LogP contribution >= 0.6 is 0 Å². The van der Waals surface area contributed by atoms with Gasteiger partial charge in [0.2, 0.25) is 0 Å². The minimum atomic E-state index is -3.26. The molecular weight excluding hydrogens is 250 g/mol. The summed E-state index contributed by atoms with van der Waals surface area (Å²) in [7, 11) is -1.34. The highest BCUT2D eigenvalue weighted by atomic mass is 32.2. The van der Waals surface area contributed by atoms with Crippen molar-refractivity contribution in [2.75, 3.05) is 33.2 Å². The van der Waals surface area contributed by atoms with Crippen LogP contribution in [0.4, 0.5) is 0 Å². The highest BCUT2D eigenvalue weighted by molar-refractivity contribution is 7.87. The van der Waals surface area contributed by atoms with E-state index in [0.717, 1.165) is 25.8 Å². The summed E-state index contributed by atoms with van der Waals surface area (Å²) < 4.78 is 28.7. The molecule has 5 nitrogen and oxygen atoms in total. The average molecular weight is 275 g/mol. The third-order valence-corrected chi connectivity index (χ3v) is 5.66. The molecule has 0 aromatic carbocycles. The monoisotopic (exact) mass is 275 g/mol. The molecule has 1 heterocycles. The maximum absolute atomic E-state index is 12.2. The molecule has 0 spiro atoms. The molecule has 1 saturated carbocycles. The van der Waals surface area contributed by atoms with Crippen molar-refractivity contribution < 1.29 is 8.42 Å². The van der Waals surface area contributed by atoms with Gasteiger partial charge in [0.1, 0.15) is 0 Å². The largest absolute Gasteiger partial charge is 0.319 e. The van der Waals surface area contributed by atoms with E-state index in [1.165, 1.54) is 0 Å². The normalized spacial score (nSPS) is 33.6. The van der Waals surface area contributed by atoms with Crippen LogP contribution in [-0.4, -0.2) is 45.9 Å². The first kappa shape index (κ1) is 14.2. The Morgan fingerprint density at radius 1 is 1.33 bits per heavy atom. The molecule has 3 unspecified atom stereocenters. The van der Waals surface area contributed by atoms with Crippen LogP contribution in [0, 0.1) is 17.8 Å². The molecule has 0 aromatic heterocycles. The van der Waals surface area contributed by atoms with E-state index < -0.39 is 10.2 Å². The predicted molar refractivity (Wildman–Crippen MR) is 72.4 cm³/mol. The fourth-order valence-corrected chi connectivity index (χ4v) is 4.07. The number of hydrogen-bond acceptors (Lipinski definition) is 3. The zero-order valence-electron chi connectivity index (χ0n) is 11.4. The van der Waals surface area contributed by atoms with Crippen LogP contribution in [0.5, 0.6) is 0 Å². The molecule has 1 saturated heterocycles. The lowest BCUT2D eigenvalue weighted by molar-refractivity contribution is 0.260. The quantitative estimate of drug-likeness (QED) is 0.738. The summed E-state index contributed by atoms with van der Waals surface area (Å²) >= 11 is 0. The molecular formula is C12H25N3O2S. The zero-order chi connectivity index (χ0) is 13.2. The van der Waals surface area contributed by atoms with Gasteiger partial charge >= 0.3 is 0 Å². The molecule has 2 rings (SSSR count). The highest BCUT2D eigenvalue weighted by Crippen LogP contribution is 2.37.